The Kier molecular flexibility index (Phi) is 5.33. The van der Waals surface area contributed by atoms with Crippen LogP contribution < -0.4 is 10.9 Å². The van der Waals surface area contributed by atoms with Crippen molar-refractivity contribution in [3.63, 3.8) is 0 Å². The van der Waals surface area contributed by atoms with Crippen LogP contribution in [-0.2, 0) is 0 Å². The van der Waals surface area contributed by atoms with Crippen molar-refractivity contribution in [1.82, 2.24) is 19.9 Å². The molecule has 0 bridgehead atoms. The van der Waals surface area contributed by atoms with E-state index in [0.717, 1.165) is 16.6 Å². The third-order valence-electron chi connectivity index (χ3n) is 5.44. The fraction of sp³-hybridized carbons (Fsp3) is 0.400. The maximum Gasteiger partial charge on any atom is 0.334 e. The number of aliphatic imine (C=N–C) groups is 1. The van der Waals surface area contributed by atoms with Crippen molar-refractivity contribution >= 4 is 23.1 Å². The molecule has 0 amide bonds. The summed E-state index contributed by atoms with van der Waals surface area (Å²) in [5.74, 6) is 3.99. The van der Waals surface area contributed by atoms with Gasteiger partial charge in [0.1, 0.15) is 23.8 Å². The molecule has 152 valence electrons. The van der Waals surface area contributed by atoms with E-state index in [9.17, 15) is 8.78 Å². The van der Waals surface area contributed by atoms with E-state index in [2.05, 4.69) is 19.9 Å². The zero-order chi connectivity index (χ0) is 20.4. The SMILES string of the molecule is CC=C1C=NC(C(F)(F)CN2CCC(N(N)c3ncnc4[nH]ccc34)CC2)=C[CH+]1. The van der Waals surface area contributed by atoms with Gasteiger partial charge in [-0.2, -0.15) is 13.8 Å². The van der Waals surface area contributed by atoms with Gasteiger partial charge in [-0.25, -0.2) is 15.8 Å². The average Bonchev–Trinajstić information content (AvgIpc) is 3.22. The van der Waals surface area contributed by atoms with Gasteiger partial charge in [-0.3, -0.25) is 9.91 Å². The first-order valence-corrected chi connectivity index (χ1v) is 9.66. The highest BCUT2D eigenvalue weighted by Gasteiger charge is 2.41. The lowest BCUT2D eigenvalue weighted by Gasteiger charge is -2.37. The van der Waals surface area contributed by atoms with Gasteiger partial charge < -0.3 is 4.98 Å². The summed E-state index contributed by atoms with van der Waals surface area (Å²) >= 11 is 0. The monoisotopic (exact) mass is 400 g/mol. The van der Waals surface area contributed by atoms with Crippen LogP contribution in [0.5, 0.6) is 0 Å². The highest BCUT2D eigenvalue weighted by Crippen LogP contribution is 2.31. The number of hydrogen-bond acceptors (Lipinski definition) is 6. The van der Waals surface area contributed by atoms with Crippen LogP contribution in [0.25, 0.3) is 11.0 Å². The lowest BCUT2D eigenvalue weighted by Crippen LogP contribution is -2.50. The van der Waals surface area contributed by atoms with Crippen molar-refractivity contribution in [3.05, 3.63) is 48.4 Å². The van der Waals surface area contributed by atoms with Crippen LogP contribution in [0.2, 0.25) is 0 Å². The van der Waals surface area contributed by atoms with Gasteiger partial charge in [0.05, 0.1) is 18.0 Å². The predicted octanol–water partition coefficient (Wildman–Crippen LogP) is 2.86. The fourth-order valence-corrected chi connectivity index (χ4v) is 3.75. The fourth-order valence-electron chi connectivity index (χ4n) is 3.75. The molecule has 2 aliphatic heterocycles. The molecule has 2 aromatic heterocycles. The molecule has 0 saturated carbocycles. The van der Waals surface area contributed by atoms with Crippen molar-refractivity contribution < 1.29 is 8.78 Å². The summed E-state index contributed by atoms with van der Waals surface area (Å²) in [6.45, 7) is 2.58. The number of likely N-dealkylation sites (tertiary alicyclic amines) is 1. The third-order valence-corrected chi connectivity index (χ3v) is 5.44. The molecule has 9 heteroatoms. The Morgan fingerprint density at radius 3 is 2.86 bits per heavy atom. The number of nitrogens with two attached hydrogens (primary N) is 1. The van der Waals surface area contributed by atoms with Crippen molar-refractivity contribution in [2.24, 2.45) is 10.8 Å². The van der Waals surface area contributed by atoms with Crippen LogP contribution in [-0.4, -0.2) is 57.7 Å². The number of hydrogen-bond donors (Lipinski definition) is 2. The Labute approximate surface area is 168 Å². The number of anilines is 1. The minimum absolute atomic E-state index is 0.0328. The molecule has 4 rings (SSSR count). The molecule has 0 aromatic carbocycles. The third kappa shape index (κ3) is 4.01. The maximum atomic E-state index is 14.7. The van der Waals surface area contributed by atoms with Gasteiger partial charge in [-0.05, 0) is 31.9 Å². The van der Waals surface area contributed by atoms with Crippen molar-refractivity contribution in [2.75, 3.05) is 24.6 Å². The van der Waals surface area contributed by atoms with Gasteiger partial charge in [0.15, 0.2) is 11.5 Å². The van der Waals surface area contributed by atoms with Crippen molar-refractivity contribution in [2.45, 2.75) is 31.7 Å². The minimum Gasteiger partial charge on any atom is -0.346 e. The van der Waals surface area contributed by atoms with Gasteiger partial charge in [-0.15, -0.1) is 0 Å². The normalized spacial score (nSPS) is 20.1. The van der Waals surface area contributed by atoms with Gasteiger partial charge >= 0.3 is 5.92 Å². The molecule has 1 saturated heterocycles. The van der Waals surface area contributed by atoms with E-state index in [-0.39, 0.29) is 18.3 Å². The second kappa shape index (κ2) is 7.92. The Balaban J connectivity index is 1.36. The second-order valence-electron chi connectivity index (χ2n) is 7.32. The number of halogens is 2. The molecule has 2 aromatic rings. The number of allylic oxidation sites excluding steroid dienone is 3. The molecule has 2 aliphatic rings. The molecule has 0 radical (unpaired) electrons. The van der Waals surface area contributed by atoms with E-state index >= 15 is 0 Å². The van der Waals surface area contributed by atoms with E-state index in [1.54, 1.807) is 22.5 Å². The molecule has 0 atom stereocenters. The van der Waals surface area contributed by atoms with Crippen LogP contribution in [0, 0.1) is 6.42 Å². The van der Waals surface area contributed by atoms with Crippen LogP contribution in [0.3, 0.4) is 0 Å². The number of H-pyrrole nitrogens is 1. The van der Waals surface area contributed by atoms with E-state index in [4.69, 9.17) is 5.84 Å². The van der Waals surface area contributed by atoms with E-state index in [1.165, 1.54) is 18.6 Å². The number of rotatable bonds is 5. The van der Waals surface area contributed by atoms with Crippen LogP contribution in [0.4, 0.5) is 14.6 Å². The van der Waals surface area contributed by atoms with Gasteiger partial charge in [-0.1, -0.05) is 0 Å². The number of nitrogens with zero attached hydrogens (tertiary/aromatic N) is 5. The number of piperidine rings is 1. The first-order chi connectivity index (χ1) is 14.0. The topological polar surface area (TPSA) is 86.4 Å². The number of aromatic amines is 1. The summed E-state index contributed by atoms with van der Waals surface area (Å²) < 4.78 is 29.3. The predicted molar refractivity (Wildman–Crippen MR) is 110 cm³/mol. The first kappa shape index (κ1) is 19.5. The lowest BCUT2D eigenvalue weighted by molar-refractivity contribution is -0.00493. The van der Waals surface area contributed by atoms with Gasteiger partial charge in [0.25, 0.3) is 0 Å². The smallest absolute Gasteiger partial charge is 0.334 e. The molecule has 7 nitrogen and oxygen atoms in total. The Hall–Kier alpha value is -2.78. The van der Waals surface area contributed by atoms with Crippen LogP contribution in [0.1, 0.15) is 19.8 Å². The summed E-state index contributed by atoms with van der Waals surface area (Å²) in [7, 11) is 0. The number of aromatic nitrogens is 3. The highest BCUT2D eigenvalue weighted by molar-refractivity contribution is 5.87. The molecular formula is C20H24F2N7+. The molecule has 3 N–H and O–H groups in total. The zero-order valence-electron chi connectivity index (χ0n) is 16.2. The van der Waals surface area contributed by atoms with E-state index in [1.807, 2.05) is 19.1 Å². The summed E-state index contributed by atoms with van der Waals surface area (Å²) in [5.41, 5.74) is 1.36. The van der Waals surface area contributed by atoms with E-state index < -0.39 is 5.92 Å². The molecule has 0 spiro atoms. The minimum atomic E-state index is -2.99. The lowest BCUT2D eigenvalue weighted by atomic mass is 10.0. The van der Waals surface area contributed by atoms with E-state index in [0.29, 0.717) is 31.7 Å². The van der Waals surface area contributed by atoms with Gasteiger partial charge in [0.2, 0.25) is 0 Å². The number of hydrazine groups is 1. The summed E-state index contributed by atoms with van der Waals surface area (Å²) in [5, 5.41) is 2.50. The Morgan fingerprint density at radius 2 is 2.17 bits per heavy atom. The van der Waals surface area contributed by atoms with Crippen LogP contribution in [0.15, 0.2) is 47.0 Å². The summed E-state index contributed by atoms with van der Waals surface area (Å²) in [6.07, 6.45) is 11.0. The Morgan fingerprint density at radius 1 is 1.38 bits per heavy atom. The maximum absolute atomic E-state index is 14.7. The highest BCUT2D eigenvalue weighted by atomic mass is 19.3. The molecule has 29 heavy (non-hydrogen) atoms. The number of fused-ring (bicyclic) bond motifs is 1. The molecule has 1 fully saturated rings. The standard InChI is InChI=1S/C20H24F2N7/c1-2-14-3-4-17(25-11-14)20(21,22)12-28-9-6-15(7-10-28)29(23)19-16-5-8-24-18(16)26-13-27-19/h2-5,8,11,13,15H,6-7,9-10,12,23H2,1H3,(H,24,26,27)/q+1. The summed E-state index contributed by atoms with van der Waals surface area (Å²) in [4.78, 5) is 17.2. The summed E-state index contributed by atoms with van der Waals surface area (Å²) in [6, 6.07) is 1.92. The first-order valence-electron chi connectivity index (χ1n) is 9.66. The second-order valence-corrected chi connectivity index (χ2v) is 7.32. The average molecular weight is 400 g/mol. The van der Waals surface area contributed by atoms with Crippen LogP contribution >= 0.6 is 0 Å². The largest absolute Gasteiger partial charge is 0.346 e. The zero-order valence-corrected chi connectivity index (χ0v) is 16.2. The van der Waals surface area contributed by atoms with Gasteiger partial charge in [0, 0.05) is 31.7 Å². The molecule has 0 aliphatic carbocycles. The number of alkyl halides is 2. The number of nitrogens with one attached hydrogen (secondary N) is 1. The quantitative estimate of drug-likeness (QED) is 0.458. The molecular weight excluding hydrogens is 376 g/mol. The van der Waals surface area contributed by atoms with Crippen molar-refractivity contribution in [1.29, 1.82) is 0 Å². The Bertz CT molecular complexity index is 955. The van der Waals surface area contributed by atoms with Crippen molar-refractivity contribution in [3.8, 4) is 0 Å². The molecule has 0 unspecified atom stereocenters. The molecule has 4 heterocycles.